The fraction of sp³-hybridized carbons (Fsp3) is 0.200. The van der Waals surface area contributed by atoms with Crippen molar-refractivity contribution in [3.05, 3.63) is 65.6 Å². The minimum Gasteiger partial charge on any atom is -0.486 e. The smallest absolute Gasteiger partial charge is 0.269 e. The fourth-order valence-corrected chi connectivity index (χ4v) is 2.87. The van der Waals surface area contributed by atoms with E-state index in [1.54, 1.807) is 18.2 Å². The third-order valence-electron chi connectivity index (χ3n) is 4.27. The van der Waals surface area contributed by atoms with Gasteiger partial charge in [0.2, 0.25) is 0 Å². The quantitative estimate of drug-likeness (QED) is 0.727. The summed E-state index contributed by atoms with van der Waals surface area (Å²) in [5.41, 5.74) is 2.74. The highest BCUT2D eigenvalue weighted by Gasteiger charge is 2.13. The summed E-state index contributed by atoms with van der Waals surface area (Å²) in [5.74, 6) is 0.933. The number of aromatic amines is 1. The first-order chi connectivity index (χ1) is 13.2. The molecule has 0 unspecified atom stereocenters. The minimum atomic E-state index is -0.314. The van der Waals surface area contributed by atoms with E-state index in [1.807, 2.05) is 18.2 Å². The number of rotatable bonds is 5. The lowest BCUT2D eigenvalue weighted by Gasteiger charge is -2.18. The molecule has 7 heteroatoms. The van der Waals surface area contributed by atoms with Crippen LogP contribution in [0.1, 0.15) is 16.1 Å². The Morgan fingerprint density at radius 3 is 2.67 bits per heavy atom. The van der Waals surface area contributed by atoms with E-state index in [-0.39, 0.29) is 11.7 Å². The van der Waals surface area contributed by atoms with Crippen molar-refractivity contribution in [3.63, 3.8) is 0 Å². The van der Waals surface area contributed by atoms with Crippen molar-refractivity contribution in [1.29, 1.82) is 0 Å². The van der Waals surface area contributed by atoms with Crippen LogP contribution < -0.4 is 14.8 Å². The summed E-state index contributed by atoms with van der Waals surface area (Å²) < 4.78 is 24.1. The van der Waals surface area contributed by atoms with Gasteiger partial charge in [-0.25, -0.2) is 4.39 Å². The van der Waals surface area contributed by atoms with Gasteiger partial charge in [0, 0.05) is 12.1 Å². The topological polar surface area (TPSA) is 76.2 Å². The third-order valence-corrected chi connectivity index (χ3v) is 4.27. The second kappa shape index (κ2) is 7.49. The number of hydrogen-bond donors (Lipinski definition) is 2. The van der Waals surface area contributed by atoms with Gasteiger partial charge >= 0.3 is 0 Å². The average molecular weight is 367 g/mol. The summed E-state index contributed by atoms with van der Waals surface area (Å²) in [4.78, 5) is 12.3. The zero-order valence-corrected chi connectivity index (χ0v) is 14.5. The second-order valence-corrected chi connectivity index (χ2v) is 6.16. The molecule has 0 spiro atoms. The highest BCUT2D eigenvalue weighted by molar-refractivity contribution is 5.93. The van der Waals surface area contributed by atoms with Crippen LogP contribution >= 0.6 is 0 Å². The fourth-order valence-electron chi connectivity index (χ4n) is 2.87. The SMILES string of the molecule is O=C(NCCc1ccc2c(c1)OCCO2)c1cc(-c2ccc(F)cc2)n[nH]1. The number of fused-ring (bicyclic) bond motifs is 1. The molecule has 1 amide bonds. The average Bonchev–Trinajstić information content (AvgIpc) is 3.19. The number of nitrogens with one attached hydrogen (secondary N) is 2. The zero-order chi connectivity index (χ0) is 18.6. The largest absolute Gasteiger partial charge is 0.486 e. The molecule has 0 atom stereocenters. The van der Waals surface area contributed by atoms with Crippen LogP contribution in [0.25, 0.3) is 11.3 Å². The van der Waals surface area contributed by atoms with Crippen molar-refractivity contribution in [2.24, 2.45) is 0 Å². The molecule has 1 aromatic heterocycles. The number of aromatic nitrogens is 2. The van der Waals surface area contributed by atoms with Crippen molar-refractivity contribution in [2.45, 2.75) is 6.42 Å². The van der Waals surface area contributed by atoms with Crippen LogP contribution in [0.5, 0.6) is 11.5 Å². The van der Waals surface area contributed by atoms with Gasteiger partial charge in [0.05, 0.1) is 5.69 Å². The first-order valence-corrected chi connectivity index (χ1v) is 8.67. The molecule has 6 nitrogen and oxygen atoms in total. The van der Waals surface area contributed by atoms with Crippen LogP contribution in [0, 0.1) is 5.82 Å². The van der Waals surface area contributed by atoms with Gasteiger partial charge in [0.1, 0.15) is 24.7 Å². The number of halogens is 1. The summed E-state index contributed by atoms with van der Waals surface area (Å²) in [6, 6.07) is 13.4. The van der Waals surface area contributed by atoms with Gasteiger partial charge in [-0.3, -0.25) is 9.89 Å². The van der Waals surface area contributed by atoms with Crippen molar-refractivity contribution < 1.29 is 18.7 Å². The predicted octanol–water partition coefficient (Wildman–Crippen LogP) is 2.96. The number of ether oxygens (including phenoxy) is 2. The van der Waals surface area contributed by atoms with Gasteiger partial charge in [-0.15, -0.1) is 0 Å². The molecule has 3 aromatic rings. The highest BCUT2D eigenvalue weighted by atomic mass is 19.1. The molecule has 0 fully saturated rings. The van der Waals surface area contributed by atoms with E-state index in [9.17, 15) is 9.18 Å². The Morgan fingerprint density at radius 2 is 1.85 bits per heavy atom. The number of nitrogens with zero attached hydrogens (tertiary/aromatic N) is 1. The monoisotopic (exact) mass is 367 g/mol. The van der Waals surface area contributed by atoms with E-state index in [0.29, 0.717) is 37.6 Å². The van der Waals surface area contributed by atoms with Crippen molar-refractivity contribution in [1.82, 2.24) is 15.5 Å². The molecule has 0 saturated carbocycles. The normalized spacial score (nSPS) is 12.6. The summed E-state index contributed by atoms with van der Waals surface area (Å²) in [7, 11) is 0. The van der Waals surface area contributed by atoms with Crippen LogP contribution in [0.4, 0.5) is 4.39 Å². The van der Waals surface area contributed by atoms with E-state index in [2.05, 4.69) is 15.5 Å². The van der Waals surface area contributed by atoms with Gasteiger partial charge in [-0.1, -0.05) is 6.07 Å². The molecule has 138 valence electrons. The standard InChI is InChI=1S/C20H18FN3O3/c21-15-4-2-14(3-5-15)16-12-17(24-23-16)20(25)22-8-7-13-1-6-18-19(11-13)27-10-9-26-18/h1-6,11-12H,7-10H2,(H,22,25)(H,23,24). The summed E-state index contributed by atoms with van der Waals surface area (Å²) in [5, 5.41) is 9.69. The molecule has 0 radical (unpaired) electrons. The third kappa shape index (κ3) is 3.92. The Morgan fingerprint density at radius 1 is 1.07 bits per heavy atom. The lowest BCUT2D eigenvalue weighted by Crippen LogP contribution is -2.26. The summed E-state index contributed by atoms with van der Waals surface area (Å²) in [6.45, 7) is 1.58. The molecular weight excluding hydrogens is 349 g/mol. The Balaban J connectivity index is 1.34. The van der Waals surface area contributed by atoms with Crippen LogP contribution in [0.2, 0.25) is 0 Å². The van der Waals surface area contributed by atoms with Crippen LogP contribution in [-0.4, -0.2) is 35.9 Å². The first kappa shape index (κ1) is 17.1. The number of amides is 1. The maximum Gasteiger partial charge on any atom is 0.269 e. The summed E-state index contributed by atoms with van der Waals surface area (Å²) >= 11 is 0. The van der Waals surface area contributed by atoms with Crippen LogP contribution in [0.15, 0.2) is 48.5 Å². The van der Waals surface area contributed by atoms with Crippen LogP contribution in [-0.2, 0) is 6.42 Å². The number of benzene rings is 2. The number of H-pyrrole nitrogens is 1. The molecule has 1 aliphatic rings. The summed E-state index contributed by atoms with van der Waals surface area (Å²) in [6.07, 6.45) is 0.668. The second-order valence-electron chi connectivity index (χ2n) is 6.16. The minimum absolute atomic E-state index is 0.242. The molecular formula is C20H18FN3O3. The maximum absolute atomic E-state index is 13.0. The van der Waals surface area contributed by atoms with Crippen molar-refractivity contribution >= 4 is 5.91 Å². The van der Waals surface area contributed by atoms with E-state index in [1.165, 1.54) is 12.1 Å². The highest BCUT2D eigenvalue weighted by Crippen LogP contribution is 2.30. The Kier molecular flexibility index (Phi) is 4.74. The molecule has 0 bridgehead atoms. The van der Waals surface area contributed by atoms with E-state index in [0.717, 1.165) is 22.6 Å². The van der Waals surface area contributed by atoms with Gasteiger partial charge in [0.25, 0.3) is 5.91 Å². The Bertz CT molecular complexity index is 953. The molecule has 27 heavy (non-hydrogen) atoms. The van der Waals surface area contributed by atoms with Gasteiger partial charge in [0.15, 0.2) is 11.5 Å². The molecule has 2 aromatic carbocycles. The molecule has 2 heterocycles. The Labute approximate surface area is 155 Å². The maximum atomic E-state index is 13.0. The molecule has 0 saturated heterocycles. The van der Waals surface area contributed by atoms with Crippen LogP contribution in [0.3, 0.4) is 0 Å². The molecule has 0 aliphatic carbocycles. The predicted molar refractivity (Wildman–Crippen MR) is 97.5 cm³/mol. The number of hydrogen-bond acceptors (Lipinski definition) is 4. The molecule has 1 aliphatic heterocycles. The van der Waals surface area contributed by atoms with E-state index >= 15 is 0 Å². The zero-order valence-electron chi connectivity index (χ0n) is 14.5. The number of carbonyl (C=O) groups is 1. The lowest BCUT2D eigenvalue weighted by molar-refractivity contribution is 0.0949. The Hall–Kier alpha value is -3.35. The van der Waals surface area contributed by atoms with E-state index < -0.39 is 0 Å². The van der Waals surface area contributed by atoms with Gasteiger partial charge in [-0.05, 0) is 54.4 Å². The lowest BCUT2D eigenvalue weighted by atomic mass is 10.1. The number of carbonyl (C=O) groups excluding carboxylic acids is 1. The van der Waals surface area contributed by atoms with Crippen molar-refractivity contribution in [3.8, 4) is 22.8 Å². The van der Waals surface area contributed by atoms with Gasteiger partial charge < -0.3 is 14.8 Å². The van der Waals surface area contributed by atoms with E-state index in [4.69, 9.17) is 9.47 Å². The molecule has 4 rings (SSSR count). The molecule has 2 N–H and O–H groups in total. The van der Waals surface area contributed by atoms with Crippen molar-refractivity contribution in [2.75, 3.05) is 19.8 Å². The first-order valence-electron chi connectivity index (χ1n) is 8.67. The van der Waals surface area contributed by atoms with Gasteiger partial charge in [-0.2, -0.15) is 5.10 Å².